The summed E-state index contributed by atoms with van der Waals surface area (Å²) in [4.78, 5) is 38.2. The molecular weight excluding hydrogens is 865 g/mol. The molecule has 0 aromatic carbocycles. The average molecular weight is 978 g/mol. The maximum absolute atomic E-state index is 12.9. The van der Waals surface area contributed by atoms with Gasteiger partial charge in [0.15, 0.2) is 6.10 Å². The van der Waals surface area contributed by atoms with Gasteiger partial charge in [0.05, 0.1) is 0 Å². The van der Waals surface area contributed by atoms with E-state index in [1.54, 1.807) is 0 Å². The van der Waals surface area contributed by atoms with E-state index in [-0.39, 0.29) is 31.1 Å². The Hall–Kier alpha value is -3.15. The van der Waals surface area contributed by atoms with Gasteiger partial charge in [0.25, 0.3) is 0 Å². The molecule has 0 saturated carbocycles. The van der Waals surface area contributed by atoms with Crippen molar-refractivity contribution in [1.29, 1.82) is 0 Å². The van der Waals surface area contributed by atoms with Crippen LogP contribution < -0.4 is 0 Å². The molecule has 70 heavy (non-hydrogen) atoms. The summed E-state index contributed by atoms with van der Waals surface area (Å²) in [6, 6.07) is 0. The number of rotatable bonds is 54. The van der Waals surface area contributed by atoms with E-state index in [4.69, 9.17) is 14.2 Å². The Bertz CT molecular complexity index is 1310. The Kier molecular flexibility index (Phi) is 55.8. The first kappa shape index (κ1) is 66.9. The van der Waals surface area contributed by atoms with Crippen molar-refractivity contribution in [3.63, 3.8) is 0 Å². The van der Waals surface area contributed by atoms with Gasteiger partial charge in [0.1, 0.15) is 13.2 Å². The number of unbranched alkanes of at least 4 members (excludes halogenated alkanes) is 35. The highest BCUT2D eigenvalue weighted by Crippen LogP contribution is 2.16. The van der Waals surface area contributed by atoms with Gasteiger partial charge in [-0.2, -0.15) is 0 Å². The molecular formula is C64H112O6. The predicted octanol–water partition coefficient (Wildman–Crippen LogP) is 20.2. The topological polar surface area (TPSA) is 78.9 Å². The molecule has 0 rings (SSSR count). The summed E-state index contributed by atoms with van der Waals surface area (Å²) in [5, 5.41) is 0. The molecule has 0 heterocycles. The summed E-state index contributed by atoms with van der Waals surface area (Å²) in [7, 11) is 0. The van der Waals surface area contributed by atoms with Crippen LogP contribution in [0.25, 0.3) is 0 Å². The number of esters is 3. The number of carbonyl (C=O) groups is 3. The van der Waals surface area contributed by atoms with Gasteiger partial charge in [0, 0.05) is 19.3 Å². The van der Waals surface area contributed by atoms with E-state index in [9.17, 15) is 14.4 Å². The molecule has 6 nitrogen and oxygen atoms in total. The summed E-state index contributed by atoms with van der Waals surface area (Å²) < 4.78 is 16.9. The molecule has 404 valence electrons. The van der Waals surface area contributed by atoms with Crippen LogP contribution in [0, 0.1) is 0 Å². The van der Waals surface area contributed by atoms with E-state index in [2.05, 4.69) is 93.7 Å². The summed E-state index contributed by atoms with van der Waals surface area (Å²) in [6.07, 6.45) is 74.6. The minimum absolute atomic E-state index is 0.0873. The largest absolute Gasteiger partial charge is 0.462 e. The van der Waals surface area contributed by atoms with E-state index in [0.29, 0.717) is 19.3 Å². The molecule has 6 heteroatoms. The van der Waals surface area contributed by atoms with E-state index in [1.807, 2.05) is 0 Å². The third-order valence-electron chi connectivity index (χ3n) is 13.1. The van der Waals surface area contributed by atoms with Crippen LogP contribution in [-0.2, 0) is 28.6 Å². The Morgan fingerprint density at radius 3 is 0.843 bits per heavy atom. The van der Waals surface area contributed by atoms with E-state index < -0.39 is 6.10 Å². The van der Waals surface area contributed by atoms with Gasteiger partial charge in [-0.3, -0.25) is 14.4 Å². The van der Waals surface area contributed by atoms with E-state index in [1.165, 1.54) is 154 Å². The Labute approximate surface area is 433 Å². The fraction of sp³-hybridized carbons (Fsp3) is 0.766. The number of carbonyl (C=O) groups excluding carboxylic acids is 3. The van der Waals surface area contributed by atoms with Crippen LogP contribution in [0.1, 0.15) is 297 Å². The van der Waals surface area contributed by atoms with Gasteiger partial charge in [0.2, 0.25) is 0 Å². The quantitative estimate of drug-likeness (QED) is 0.0261. The highest BCUT2D eigenvalue weighted by atomic mass is 16.6. The van der Waals surface area contributed by atoms with Crippen molar-refractivity contribution in [2.24, 2.45) is 0 Å². The maximum Gasteiger partial charge on any atom is 0.306 e. The van der Waals surface area contributed by atoms with Crippen molar-refractivity contribution in [1.82, 2.24) is 0 Å². The minimum atomic E-state index is -0.793. The lowest BCUT2D eigenvalue weighted by Gasteiger charge is -2.18. The number of hydrogen-bond acceptors (Lipinski definition) is 6. The lowest BCUT2D eigenvalue weighted by atomic mass is 10.0. The lowest BCUT2D eigenvalue weighted by molar-refractivity contribution is -0.167. The zero-order chi connectivity index (χ0) is 50.7. The average Bonchev–Trinajstić information content (AvgIpc) is 3.36. The first-order valence-electron chi connectivity index (χ1n) is 30.0. The molecule has 0 aromatic heterocycles. The van der Waals surface area contributed by atoms with Gasteiger partial charge in [-0.05, 0) is 70.6 Å². The van der Waals surface area contributed by atoms with Crippen molar-refractivity contribution in [3.05, 3.63) is 72.9 Å². The molecule has 1 atom stereocenters. The number of allylic oxidation sites excluding steroid dienone is 12. The molecule has 0 radical (unpaired) electrons. The Morgan fingerprint density at radius 1 is 0.286 bits per heavy atom. The Balaban J connectivity index is 4.45. The van der Waals surface area contributed by atoms with E-state index in [0.717, 1.165) is 103 Å². The van der Waals surface area contributed by atoms with Crippen LogP contribution in [0.15, 0.2) is 72.9 Å². The highest BCUT2D eigenvalue weighted by Gasteiger charge is 2.19. The predicted molar refractivity (Wildman–Crippen MR) is 302 cm³/mol. The molecule has 0 amide bonds. The molecule has 0 bridgehead atoms. The first-order chi connectivity index (χ1) is 34.5. The molecule has 1 unspecified atom stereocenters. The minimum Gasteiger partial charge on any atom is -0.462 e. The van der Waals surface area contributed by atoms with Gasteiger partial charge < -0.3 is 14.2 Å². The second-order valence-corrected chi connectivity index (χ2v) is 20.0. The third-order valence-corrected chi connectivity index (χ3v) is 13.1. The van der Waals surface area contributed by atoms with Crippen LogP contribution in [0.2, 0.25) is 0 Å². The smallest absolute Gasteiger partial charge is 0.306 e. The van der Waals surface area contributed by atoms with Gasteiger partial charge in [-0.15, -0.1) is 0 Å². The molecule has 0 fully saturated rings. The molecule has 0 N–H and O–H groups in total. The van der Waals surface area contributed by atoms with Crippen molar-refractivity contribution in [3.8, 4) is 0 Å². The monoisotopic (exact) mass is 977 g/mol. The lowest BCUT2D eigenvalue weighted by Crippen LogP contribution is -2.30. The van der Waals surface area contributed by atoms with Gasteiger partial charge in [-0.1, -0.05) is 280 Å². The van der Waals surface area contributed by atoms with Crippen molar-refractivity contribution >= 4 is 17.9 Å². The van der Waals surface area contributed by atoms with Crippen LogP contribution >= 0.6 is 0 Å². The van der Waals surface area contributed by atoms with Gasteiger partial charge in [-0.25, -0.2) is 0 Å². The number of hydrogen-bond donors (Lipinski definition) is 0. The van der Waals surface area contributed by atoms with Gasteiger partial charge >= 0.3 is 17.9 Å². The second kappa shape index (κ2) is 58.4. The molecule has 0 aliphatic carbocycles. The molecule has 0 aliphatic rings. The van der Waals surface area contributed by atoms with Crippen LogP contribution in [-0.4, -0.2) is 37.2 Å². The fourth-order valence-electron chi connectivity index (χ4n) is 8.51. The molecule has 0 aliphatic heterocycles. The van der Waals surface area contributed by atoms with Crippen molar-refractivity contribution in [2.45, 2.75) is 303 Å². The van der Waals surface area contributed by atoms with Crippen LogP contribution in [0.4, 0.5) is 0 Å². The van der Waals surface area contributed by atoms with Crippen molar-refractivity contribution in [2.75, 3.05) is 13.2 Å². The molecule has 0 spiro atoms. The fourth-order valence-corrected chi connectivity index (χ4v) is 8.51. The van der Waals surface area contributed by atoms with Crippen LogP contribution in [0.3, 0.4) is 0 Å². The SMILES string of the molecule is CCCCC\C=C/C=C\C=C/C=C\CCCCCCCC(=O)OCC(COC(=O)CCCCCCCCCCCCCCCCCC)OC(=O)CCCCCCC/C=C\C=C/CCCCCCCCC. The molecule has 0 aromatic rings. The summed E-state index contributed by atoms with van der Waals surface area (Å²) >= 11 is 0. The first-order valence-corrected chi connectivity index (χ1v) is 30.0. The maximum atomic E-state index is 12.9. The normalized spacial score (nSPS) is 12.6. The second-order valence-electron chi connectivity index (χ2n) is 20.0. The standard InChI is InChI=1S/C64H112O6/c1-4-7-10-13-16-19-22-25-28-31-33-36-39-42-45-48-51-54-57-63(66)69-60-61(59-68-62(65)56-53-50-47-44-41-38-35-30-27-24-21-18-15-12-9-6-3)70-64(67)58-55-52-49-46-43-40-37-34-32-29-26-23-20-17-14-11-8-5-2/h16,19,22,25,28-29,31-34,36-37,61H,4-15,17-18,20-21,23-24,26-27,30,35,38-60H2,1-3H3/b19-16-,25-22-,31-28-,32-29-,36-33-,37-34-. The third kappa shape index (κ3) is 55.8. The summed E-state index contributed by atoms with van der Waals surface area (Å²) in [5.74, 6) is -0.914. The van der Waals surface area contributed by atoms with Crippen molar-refractivity contribution < 1.29 is 28.6 Å². The number of ether oxygens (including phenoxy) is 3. The Morgan fingerprint density at radius 2 is 0.514 bits per heavy atom. The van der Waals surface area contributed by atoms with E-state index >= 15 is 0 Å². The van der Waals surface area contributed by atoms with Crippen LogP contribution in [0.5, 0.6) is 0 Å². The zero-order valence-electron chi connectivity index (χ0n) is 46.3. The summed E-state index contributed by atoms with van der Waals surface area (Å²) in [5.41, 5.74) is 0. The zero-order valence-corrected chi connectivity index (χ0v) is 46.3. The molecule has 0 saturated heterocycles. The highest BCUT2D eigenvalue weighted by molar-refractivity contribution is 5.71. The summed E-state index contributed by atoms with van der Waals surface area (Å²) in [6.45, 7) is 6.60.